The molecule has 0 radical (unpaired) electrons. The van der Waals surface area contributed by atoms with E-state index < -0.39 is 34.6 Å². The average Bonchev–Trinajstić information content (AvgIpc) is 3.01. The zero-order valence-corrected chi connectivity index (χ0v) is 16.0. The molecule has 1 aliphatic heterocycles. The number of halogens is 3. The van der Waals surface area contributed by atoms with Crippen molar-refractivity contribution in [3.63, 3.8) is 0 Å². The third kappa shape index (κ3) is 5.60. The highest BCUT2D eigenvalue weighted by molar-refractivity contribution is 8.15. The SMILES string of the molecule is O=C(O)CC1SC(=NN=Cc2ccc(OCc3ccc(F)cc3F)c(F)c2)NC1=O. The van der Waals surface area contributed by atoms with Gasteiger partial charge in [0.2, 0.25) is 5.91 Å². The first-order valence-corrected chi connectivity index (χ1v) is 9.36. The lowest BCUT2D eigenvalue weighted by Crippen LogP contribution is -2.26. The number of thioether (sulfide) groups is 1. The lowest BCUT2D eigenvalue weighted by atomic mass is 10.2. The molecule has 1 amide bonds. The summed E-state index contributed by atoms with van der Waals surface area (Å²) in [5.41, 5.74) is 0.420. The van der Waals surface area contributed by atoms with E-state index in [4.69, 9.17) is 9.84 Å². The highest BCUT2D eigenvalue weighted by atomic mass is 32.2. The van der Waals surface area contributed by atoms with Gasteiger partial charge in [-0.3, -0.25) is 9.59 Å². The molecule has 1 unspecified atom stereocenters. The number of nitrogens with zero attached hydrogens (tertiary/aromatic N) is 2. The molecule has 0 aromatic heterocycles. The number of aliphatic carboxylic acids is 1. The first kappa shape index (κ1) is 21.4. The molecule has 0 bridgehead atoms. The third-order valence-electron chi connectivity index (χ3n) is 3.85. The Bertz CT molecular complexity index is 1050. The second-order valence-corrected chi connectivity index (χ2v) is 7.25. The minimum atomic E-state index is -1.10. The molecule has 1 atom stereocenters. The quantitative estimate of drug-likeness (QED) is 0.512. The van der Waals surface area contributed by atoms with Crippen molar-refractivity contribution in [3.8, 4) is 5.75 Å². The van der Waals surface area contributed by atoms with Crippen LogP contribution in [0.5, 0.6) is 5.75 Å². The lowest BCUT2D eigenvalue weighted by Gasteiger charge is -2.08. The summed E-state index contributed by atoms with van der Waals surface area (Å²) in [4.78, 5) is 22.3. The Kier molecular flexibility index (Phi) is 6.72. The maximum Gasteiger partial charge on any atom is 0.305 e. The third-order valence-corrected chi connectivity index (χ3v) is 4.92. The Morgan fingerprint density at radius 1 is 1.20 bits per heavy atom. The molecule has 7 nitrogen and oxygen atoms in total. The van der Waals surface area contributed by atoms with Gasteiger partial charge < -0.3 is 15.2 Å². The van der Waals surface area contributed by atoms with Gasteiger partial charge in [-0.15, -0.1) is 5.10 Å². The molecule has 2 N–H and O–H groups in total. The highest BCUT2D eigenvalue weighted by Gasteiger charge is 2.32. The summed E-state index contributed by atoms with van der Waals surface area (Å²) in [5.74, 6) is -3.94. The fourth-order valence-electron chi connectivity index (χ4n) is 2.40. The van der Waals surface area contributed by atoms with Crippen molar-refractivity contribution in [2.75, 3.05) is 0 Å². The summed E-state index contributed by atoms with van der Waals surface area (Å²) in [6.45, 7) is -0.279. The minimum Gasteiger partial charge on any atom is -0.486 e. The van der Waals surface area contributed by atoms with Crippen molar-refractivity contribution in [3.05, 3.63) is 65.0 Å². The number of amides is 1. The van der Waals surface area contributed by atoms with Gasteiger partial charge in [-0.25, -0.2) is 13.2 Å². The highest BCUT2D eigenvalue weighted by Crippen LogP contribution is 2.23. The Morgan fingerprint density at radius 3 is 2.70 bits per heavy atom. The number of rotatable bonds is 7. The summed E-state index contributed by atoms with van der Waals surface area (Å²) in [7, 11) is 0. The molecule has 2 aromatic carbocycles. The summed E-state index contributed by atoms with van der Waals surface area (Å²) >= 11 is 0.941. The molecule has 11 heteroatoms. The molecular weight excluding hydrogens is 423 g/mol. The summed E-state index contributed by atoms with van der Waals surface area (Å²) < 4.78 is 45.9. The van der Waals surface area contributed by atoms with Gasteiger partial charge in [-0.2, -0.15) is 5.10 Å². The average molecular weight is 437 g/mol. The second kappa shape index (κ2) is 9.44. The van der Waals surface area contributed by atoms with E-state index in [-0.39, 0.29) is 29.5 Å². The van der Waals surface area contributed by atoms with Crippen LogP contribution in [-0.2, 0) is 16.2 Å². The number of carboxylic acid groups (broad SMARTS) is 1. The van der Waals surface area contributed by atoms with Gasteiger partial charge in [0.15, 0.2) is 16.7 Å². The van der Waals surface area contributed by atoms with Gasteiger partial charge in [0.25, 0.3) is 0 Å². The van der Waals surface area contributed by atoms with Gasteiger partial charge in [0, 0.05) is 11.6 Å². The van der Waals surface area contributed by atoms with Gasteiger partial charge in [-0.05, 0) is 35.9 Å². The van der Waals surface area contributed by atoms with Crippen molar-refractivity contribution in [2.45, 2.75) is 18.3 Å². The number of amidine groups is 1. The number of carbonyl (C=O) groups excluding carboxylic acids is 1. The van der Waals surface area contributed by atoms with Crippen molar-refractivity contribution in [1.29, 1.82) is 0 Å². The molecule has 1 aliphatic rings. The predicted octanol–water partition coefficient (Wildman–Crippen LogP) is 3.08. The van der Waals surface area contributed by atoms with Crippen LogP contribution in [-0.4, -0.2) is 33.6 Å². The molecule has 2 aromatic rings. The van der Waals surface area contributed by atoms with E-state index in [2.05, 4.69) is 15.5 Å². The van der Waals surface area contributed by atoms with E-state index in [0.717, 1.165) is 23.9 Å². The molecule has 1 saturated heterocycles. The van der Waals surface area contributed by atoms with Crippen LogP contribution in [0.3, 0.4) is 0 Å². The van der Waals surface area contributed by atoms with Crippen LogP contribution in [0.1, 0.15) is 17.5 Å². The van der Waals surface area contributed by atoms with Crippen molar-refractivity contribution in [2.24, 2.45) is 10.2 Å². The molecule has 0 saturated carbocycles. The van der Waals surface area contributed by atoms with Crippen LogP contribution in [0.2, 0.25) is 0 Å². The zero-order chi connectivity index (χ0) is 21.7. The van der Waals surface area contributed by atoms with Crippen LogP contribution in [0, 0.1) is 17.5 Å². The molecule has 30 heavy (non-hydrogen) atoms. The second-order valence-electron chi connectivity index (χ2n) is 6.06. The molecule has 0 spiro atoms. The topological polar surface area (TPSA) is 100 Å². The lowest BCUT2D eigenvalue weighted by molar-refractivity contribution is -0.138. The van der Waals surface area contributed by atoms with E-state index in [0.29, 0.717) is 11.6 Å². The molecular formula is C19H14F3N3O4S. The molecule has 1 heterocycles. The normalized spacial score (nSPS) is 17.5. The van der Waals surface area contributed by atoms with Crippen molar-refractivity contribution in [1.82, 2.24) is 5.32 Å². The van der Waals surface area contributed by atoms with Crippen molar-refractivity contribution >= 4 is 35.0 Å². The summed E-state index contributed by atoms with van der Waals surface area (Å²) in [6, 6.07) is 6.92. The van der Waals surface area contributed by atoms with E-state index >= 15 is 0 Å². The minimum absolute atomic E-state index is 0.0783. The number of hydrogen-bond acceptors (Lipinski definition) is 6. The van der Waals surface area contributed by atoms with E-state index in [1.54, 1.807) is 0 Å². The number of nitrogens with one attached hydrogen (secondary N) is 1. The Balaban J connectivity index is 1.60. The van der Waals surface area contributed by atoms with Crippen molar-refractivity contribution < 1.29 is 32.6 Å². The van der Waals surface area contributed by atoms with E-state index in [1.165, 1.54) is 24.4 Å². The number of carbonyl (C=O) groups is 2. The first-order valence-electron chi connectivity index (χ1n) is 8.48. The number of carboxylic acids is 1. The van der Waals surface area contributed by atoms with Crippen LogP contribution in [0.4, 0.5) is 13.2 Å². The zero-order valence-electron chi connectivity index (χ0n) is 15.1. The molecule has 0 aliphatic carbocycles. The number of ether oxygens (including phenoxy) is 1. The van der Waals surface area contributed by atoms with Crippen LogP contribution in [0.25, 0.3) is 0 Å². The molecule has 3 rings (SSSR count). The standard InChI is InChI=1S/C19H14F3N3O4S/c20-12-3-2-11(13(21)6-12)9-29-15-4-1-10(5-14(15)22)8-23-25-19-24-18(28)16(30-19)7-17(26)27/h1-6,8,16H,7,9H2,(H,26,27)(H,24,25,28). The summed E-state index contributed by atoms with van der Waals surface area (Å²) in [5, 5.41) is 18.0. The predicted molar refractivity (Wildman–Crippen MR) is 104 cm³/mol. The maximum absolute atomic E-state index is 14.2. The molecule has 156 valence electrons. The largest absolute Gasteiger partial charge is 0.486 e. The van der Waals surface area contributed by atoms with E-state index in [9.17, 15) is 22.8 Å². The smallest absolute Gasteiger partial charge is 0.305 e. The van der Waals surface area contributed by atoms with Gasteiger partial charge in [-0.1, -0.05) is 11.8 Å². The van der Waals surface area contributed by atoms with Gasteiger partial charge in [0.1, 0.15) is 23.5 Å². The Morgan fingerprint density at radius 2 is 2.00 bits per heavy atom. The van der Waals surface area contributed by atoms with Crippen LogP contribution in [0.15, 0.2) is 46.6 Å². The monoisotopic (exact) mass is 437 g/mol. The fraction of sp³-hybridized carbons (Fsp3) is 0.158. The van der Waals surface area contributed by atoms with Crippen LogP contribution < -0.4 is 10.1 Å². The van der Waals surface area contributed by atoms with Gasteiger partial charge in [0.05, 0.1) is 12.6 Å². The Hall–Kier alpha value is -3.34. The van der Waals surface area contributed by atoms with Crippen LogP contribution >= 0.6 is 11.8 Å². The summed E-state index contributed by atoms with van der Waals surface area (Å²) in [6.07, 6.45) is 0.893. The Labute approximate surface area is 172 Å². The van der Waals surface area contributed by atoms with E-state index in [1.807, 2.05) is 0 Å². The number of hydrogen-bond donors (Lipinski definition) is 2. The maximum atomic E-state index is 14.2. The fourth-order valence-corrected chi connectivity index (χ4v) is 3.32. The number of benzene rings is 2. The van der Waals surface area contributed by atoms with Gasteiger partial charge >= 0.3 is 5.97 Å². The molecule has 1 fully saturated rings. The first-order chi connectivity index (χ1) is 14.3.